The molecule has 2 rings (SSSR count). The first-order chi connectivity index (χ1) is 8.31. The van der Waals surface area contributed by atoms with Crippen molar-refractivity contribution >= 4 is 17.4 Å². The van der Waals surface area contributed by atoms with Gasteiger partial charge in [-0.15, -0.1) is 5.10 Å². The Bertz CT molecular complexity index is 514. The van der Waals surface area contributed by atoms with Crippen LogP contribution in [0.5, 0.6) is 0 Å². The van der Waals surface area contributed by atoms with E-state index in [-0.39, 0.29) is 5.91 Å². The lowest BCUT2D eigenvalue weighted by molar-refractivity contribution is 0.102. The van der Waals surface area contributed by atoms with Gasteiger partial charge in [0.15, 0.2) is 5.82 Å². The number of hydrogen-bond acceptors (Lipinski definition) is 5. The predicted molar refractivity (Wildman–Crippen MR) is 63.8 cm³/mol. The van der Waals surface area contributed by atoms with Gasteiger partial charge < -0.3 is 10.6 Å². The number of aromatic nitrogens is 3. The third-order valence-corrected chi connectivity index (χ3v) is 2.15. The lowest BCUT2D eigenvalue weighted by Crippen LogP contribution is -2.15. The molecular formula is C11H11N5O. The van der Waals surface area contributed by atoms with Crippen molar-refractivity contribution < 1.29 is 4.79 Å². The SMILES string of the molecule is CNc1cnccc1C(=O)Nc1cccnn1. The van der Waals surface area contributed by atoms with Crippen LogP contribution >= 0.6 is 0 Å². The van der Waals surface area contributed by atoms with Crippen molar-refractivity contribution in [1.82, 2.24) is 15.2 Å². The molecule has 6 heteroatoms. The van der Waals surface area contributed by atoms with Crippen molar-refractivity contribution in [2.24, 2.45) is 0 Å². The van der Waals surface area contributed by atoms with Crippen molar-refractivity contribution in [3.05, 3.63) is 42.4 Å². The number of carbonyl (C=O) groups is 1. The largest absolute Gasteiger partial charge is 0.386 e. The van der Waals surface area contributed by atoms with Crippen molar-refractivity contribution in [2.45, 2.75) is 0 Å². The molecule has 2 heterocycles. The van der Waals surface area contributed by atoms with Crippen molar-refractivity contribution in [1.29, 1.82) is 0 Å². The molecule has 0 radical (unpaired) electrons. The molecule has 0 saturated carbocycles. The van der Waals surface area contributed by atoms with Crippen molar-refractivity contribution in [3.8, 4) is 0 Å². The molecule has 86 valence electrons. The van der Waals surface area contributed by atoms with E-state index in [0.29, 0.717) is 17.1 Å². The minimum atomic E-state index is -0.253. The number of anilines is 2. The van der Waals surface area contributed by atoms with Gasteiger partial charge >= 0.3 is 0 Å². The van der Waals surface area contributed by atoms with Crippen LogP contribution < -0.4 is 10.6 Å². The summed E-state index contributed by atoms with van der Waals surface area (Å²) in [5.74, 6) is 0.161. The fourth-order valence-electron chi connectivity index (χ4n) is 1.34. The van der Waals surface area contributed by atoms with E-state index in [2.05, 4.69) is 25.8 Å². The van der Waals surface area contributed by atoms with Gasteiger partial charge in [0.2, 0.25) is 0 Å². The van der Waals surface area contributed by atoms with Gasteiger partial charge in [0.25, 0.3) is 5.91 Å². The Labute approximate surface area is 98.1 Å². The Hall–Kier alpha value is -2.50. The molecule has 0 aliphatic heterocycles. The highest BCUT2D eigenvalue weighted by Crippen LogP contribution is 2.13. The molecule has 0 aliphatic rings. The number of carbonyl (C=O) groups excluding carboxylic acids is 1. The van der Waals surface area contributed by atoms with E-state index in [1.807, 2.05) is 0 Å². The van der Waals surface area contributed by atoms with E-state index < -0.39 is 0 Å². The summed E-state index contributed by atoms with van der Waals surface area (Å²) in [4.78, 5) is 15.9. The zero-order valence-corrected chi connectivity index (χ0v) is 9.21. The number of rotatable bonds is 3. The van der Waals surface area contributed by atoms with Crippen molar-refractivity contribution in [3.63, 3.8) is 0 Å². The first-order valence-electron chi connectivity index (χ1n) is 5.02. The maximum absolute atomic E-state index is 11.9. The Kier molecular flexibility index (Phi) is 3.25. The van der Waals surface area contributed by atoms with E-state index in [0.717, 1.165) is 0 Å². The molecule has 1 amide bonds. The van der Waals surface area contributed by atoms with Crippen LogP contribution in [0.2, 0.25) is 0 Å². The summed E-state index contributed by atoms with van der Waals surface area (Å²) in [5.41, 5.74) is 1.17. The van der Waals surface area contributed by atoms with Crippen LogP contribution in [0.4, 0.5) is 11.5 Å². The molecule has 0 atom stereocenters. The van der Waals surface area contributed by atoms with Gasteiger partial charge in [0.05, 0.1) is 17.4 Å². The summed E-state index contributed by atoms with van der Waals surface area (Å²) >= 11 is 0. The first kappa shape index (κ1) is 11.0. The average molecular weight is 229 g/mol. The Balaban J connectivity index is 2.20. The summed E-state index contributed by atoms with van der Waals surface area (Å²) in [6.07, 6.45) is 4.69. The van der Waals surface area contributed by atoms with Gasteiger partial charge in [-0.2, -0.15) is 5.10 Å². The van der Waals surface area contributed by atoms with Crippen molar-refractivity contribution in [2.75, 3.05) is 17.7 Å². The second-order valence-electron chi connectivity index (χ2n) is 3.23. The summed E-state index contributed by atoms with van der Waals surface area (Å²) in [6.45, 7) is 0. The third-order valence-electron chi connectivity index (χ3n) is 2.15. The standard InChI is InChI=1S/C11H11N5O/c1-12-9-7-13-6-4-8(9)11(17)15-10-3-2-5-14-16-10/h2-7,12H,1H3,(H,15,16,17). The normalized spacial score (nSPS) is 9.71. The number of hydrogen-bond donors (Lipinski definition) is 2. The summed E-state index contributed by atoms with van der Waals surface area (Å²) in [5, 5.41) is 13.0. The van der Waals surface area contributed by atoms with E-state index in [1.54, 1.807) is 43.8 Å². The highest BCUT2D eigenvalue weighted by molar-refractivity contribution is 6.07. The summed E-state index contributed by atoms with van der Waals surface area (Å²) in [6, 6.07) is 5.01. The fraction of sp³-hybridized carbons (Fsp3) is 0.0909. The molecule has 0 aromatic carbocycles. The topological polar surface area (TPSA) is 79.8 Å². The zero-order chi connectivity index (χ0) is 12.1. The molecule has 0 spiro atoms. The molecule has 2 aromatic heterocycles. The molecule has 0 bridgehead atoms. The van der Waals surface area contributed by atoms with E-state index in [4.69, 9.17) is 0 Å². The van der Waals surface area contributed by atoms with Crippen LogP contribution in [0, 0.1) is 0 Å². The molecule has 0 saturated heterocycles. The number of nitrogens with one attached hydrogen (secondary N) is 2. The monoisotopic (exact) mass is 229 g/mol. The number of pyridine rings is 1. The molecule has 0 unspecified atom stereocenters. The lowest BCUT2D eigenvalue weighted by Gasteiger charge is -2.07. The van der Waals surface area contributed by atoms with Gasteiger partial charge in [0.1, 0.15) is 0 Å². The molecular weight excluding hydrogens is 218 g/mol. The Morgan fingerprint density at radius 3 is 2.88 bits per heavy atom. The third kappa shape index (κ3) is 2.54. The quantitative estimate of drug-likeness (QED) is 0.825. The Morgan fingerprint density at radius 1 is 1.29 bits per heavy atom. The van der Waals surface area contributed by atoms with E-state index >= 15 is 0 Å². The van der Waals surface area contributed by atoms with Gasteiger partial charge in [-0.3, -0.25) is 9.78 Å². The number of nitrogens with zero attached hydrogens (tertiary/aromatic N) is 3. The average Bonchev–Trinajstić information content (AvgIpc) is 2.40. The van der Waals surface area contributed by atoms with Gasteiger partial charge in [-0.1, -0.05) is 0 Å². The highest BCUT2D eigenvalue weighted by Gasteiger charge is 2.10. The number of amides is 1. The van der Waals surface area contributed by atoms with E-state index in [1.165, 1.54) is 0 Å². The van der Waals surface area contributed by atoms with Crippen LogP contribution in [0.15, 0.2) is 36.8 Å². The summed E-state index contributed by atoms with van der Waals surface area (Å²) in [7, 11) is 1.73. The second-order valence-corrected chi connectivity index (χ2v) is 3.23. The molecule has 2 aromatic rings. The van der Waals surface area contributed by atoms with Gasteiger partial charge in [0, 0.05) is 19.4 Å². The molecule has 2 N–H and O–H groups in total. The summed E-state index contributed by atoms with van der Waals surface area (Å²) < 4.78 is 0. The fourth-order valence-corrected chi connectivity index (χ4v) is 1.34. The zero-order valence-electron chi connectivity index (χ0n) is 9.21. The smallest absolute Gasteiger partial charge is 0.259 e. The minimum absolute atomic E-state index is 0.253. The minimum Gasteiger partial charge on any atom is -0.386 e. The van der Waals surface area contributed by atoms with Gasteiger partial charge in [-0.05, 0) is 18.2 Å². The second kappa shape index (κ2) is 5.02. The van der Waals surface area contributed by atoms with Crippen LogP contribution in [-0.4, -0.2) is 28.1 Å². The maximum Gasteiger partial charge on any atom is 0.259 e. The molecule has 0 aliphatic carbocycles. The molecule has 6 nitrogen and oxygen atoms in total. The first-order valence-corrected chi connectivity index (χ1v) is 5.02. The van der Waals surface area contributed by atoms with Crippen LogP contribution in [0.25, 0.3) is 0 Å². The molecule has 17 heavy (non-hydrogen) atoms. The highest BCUT2D eigenvalue weighted by atomic mass is 16.1. The lowest BCUT2D eigenvalue weighted by atomic mass is 10.2. The van der Waals surface area contributed by atoms with Gasteiger partial charge in [-0.25, -0.2) is 0 Å². The van der Waals surface area contributed by atoms with Crippen LogP contribution in [0.1, 0.15) is 10.4 Å². The maximum atomic E-state index is 11.9. The van der Waals surface area contributed by atoms with Crippen LogP contribution in [-0.2, 0) is 0 Å². The predicted octanol–water partition coefficient (Wildman–Crippen LogP) is 1.17. The molecule has 0 fully saturated rings. The van der Waals surface area contributed by atoms with Crippen LogP contribution in [0.3, 0.4) is 0 Å². The Morgan fingerprint density at radius 2 is 2.18 bits per heavy atom. The van der Waals surface area contributed by atoms with E-state index in [9.17, 15) is 4.79 Å².